The van der Waals surface area contributed by atoms with Crippen LogP contribution in [0.1, 0.15) is 31.1 Å². The van der Waals surface area contributed by atoms with E-state index >= 15 is 0 Å². The highest BCUT2D eigenvalue weighted by Gasteiger charge is 2.02. The number of rotatable bonds is 3. The summed E-state index contributed by atoms with van der Waals surface area (Å²) >= 11 is 0. The lowest BCUT2D eigenvalue weighted by atomic mass is 10.2. The SMILES string of the molecule is CC.CCOc1cccc(C(=O)NC)c1. The first-order chi connectivity index (χ1) is 7.27. The highest BCUT2D eigenvalue weighted by molar-refractivity contribution is 5.94. The Morgan fingerprint density at radius 3 is 2.60 bits per heavy atom. The molecule has 0 heterocycles. The third-order valence-corrected chi connectivity index (χ3v) is 1.63. The molecule has 0 aliphatic heterocycles. The summed E-state index contributed by atoms with van der Waals surface area (Å²) in [5, 5.41) is 2.56. The van der Waals surface area contributed by atoms with Crippen LogP contribution in [-0.2, 0) is 0 Å². The summed E-state index contributed by atoms with van der Waals surface area (Å²) in [5.41, 5.74) is 0.619. The zero-order chi connectivity index (χ0) is 11.7. The highest BCUT2D eigenvalue weighted by Crippen LogP contribution is 2.12. The molecule has 1 amide bonds. The minimum absolute atomic E-state index is 0.0958. The minimum atomic E-state index is -0.0958. The van der Waals surface area contributed by atoms with Gasteiger partial charge in [0.25, 0.3) is 5.91 Å². The lowest BCUT2D eigenvalue weighted by Gasteiger charge is -2.04. The van der Waals surface area contributed by atoms with E-state index in [2.05, 4.69) is 5.32 Å². The van der Waals surface area contributed by atoms with Gasteiger partial charge >= 0.3 is 0 Å². The first-order valence-electron chi connectivity index (χ1n) is 5.23. The van der Waals surface area contributed by atoms with Gasteiger partial charge in [0, 0.05) is 12.6 Å². The smallest absolute Gasteiger partial charge is 0.251 e. The molecular weight excluding hydrogens is 190 g/mol. The molecule has 0 bridgehead atoms. The van der Waals surface area contributed by atoms with Crippen LogP contribution in [0.5, 0.6) is 5.75 Å². The van der Waals surface area contributed by atoms with E-state index in [1.807, 2.05) is 26.8 Å². The van der Waals surface area contributed by atoms with Crippen molar-refractivity contribution in [3.63, 3.8) is 0 Å². The standard InChI is InChI=1S/C10H13NO2.C2H6/c1-3-13-9-6-4-5-8(7-9)10(12)11-2;1-2/h4-7H,3H2,1-2H3,(H,11,12);1-2H3. The Hall–Kier alpha value is -1.51. The van der Waals surface area contributed by atoms with Gasteiger partial charge in [-0.05, 0) is 25.1 Å². The van der Waals surface area contributed by atoms with Crippen molar-refractivity contribution >= 4 is 5.91 Å². The van der Waals surface area contributed by atoms with Crippen molar-refractivity contribution in [1.29, 1.82) is 0 Å². The molecule has 3 heteroatoms. The van der Waals surface area contributed by atoms with Crippen molar-refractivity contribution in [1.82, 2.24) is 5.32 Å². The first kappa shape index (κ1) is 13.5. The van der Waals surface area contributed by atoms with Gasteiger partial charge in [0.2, 0.25) is 0 Å². The van der Waals surface area contributed by atoms with Gasteiger partial charge in [-0.25, -0.2) is 0 Å². The molecule has 15 heavy (non-hydrogen) atoms. The van der Waals surface area contributed by atoms with E-state index < -0.39 is 0 Å². The predicted octanol–water partition coefficient (Wildman–Crippen LogP) is 2.47. The topological polar surface area (TPSA) is 38.3 Å². The van der Waals surface area contributed by atoms with Gasteiger partial charge in [0.1, 0.15) is 5.75 Å². The van der Waals surface area contributed by atoms with Crippen LogP contribution in [0.2, 0.25) is 0 Å². The second-order valence-electron chi connectivity index (χ2n) is 2.54. The average molecular weight is 209 g/mol. The minimum Gasteiger partial charge on any atom is -0.494 e. The fraction of sp³-hybridized carbons (Fsp3) is 0.417. The second-order valence-corrected chi connectivity index (χ2v) is 2.54. The van der Waals surface area contributed by atoms with Crippen LogP contribution < -0.4 is 10.1 Å². The van der Waals surface area contributed by atoms with Crippen LogP contribution >= 0.6 is 0 Å². The number of ether oxygens (including phenoxy) is 1. The predicted molar refractivity (Wildman–Crippen MR) is 62.3 cm³/mol. The van der Waals surface area contributed by atoms with Crippen molar-refractivity contribution < 1.29 is 9.53 Å². The first-order valence-corrected chi connectivity index (χ1v) is 5.23. The fourth-order valence-corrected chi connectivity index (χ4v) is 1.04. The highest BCUT2D eigenvalue weighted by atomic mass is 16.5. The maximum absolute atomic E-state index is 11.2. The molecule has 0 radical (unpaired) electrons. The Morgan fingerprint density at radius 1 is 1.40 bits per heavy atom. The van der Waals surface area contributed by atoms with Crippen LogP contribution in [-0.4, -0.2) is 19.6 Å². The number of nitrogens with one attached hydrogen (secondary N) is 1. The maximum atomic E-state index is 11.2. The van der Waals surface area contributed by atoms with E-state index in [1.54, 1.807) is 25.2 Å². The molecule has 1 aromatic rings. The van der Waals surface area contributed by atoms with E-state index in [-0.39, 0.29) is 5.91 Å². The van der Waals surface area contributed by atoms with E-state index in [0.29, 0.717) is 12.2 Å². The van der Waals surface area contributed by atoms with Crippen LogP contribution in [0.3, 0.4) is 0 Å². The largest absolute Gasteiger partial charge is 0.494 e. The Balaban J connectivity index is 0.000000921. The van der Waals surface area contributed by atoms with E-state index in [1.165, 1.54) is 0 Å². The second kappa shape index (κ2) is 7.85. The number of carbonyl (C=O) groups excluding carboxylic acids is 1. The zero-order valence-corrected chi connectivity index (χ0v) is 9.83. The molecule has 0 aliphatic carbocycles. The van der Waals surface area contributed by atoms with Gasteiger partial charge in [-0.3, -0.25) is 4.79 Å². The molecule has 0 saturated carbocycles. The van der Waals surface area contributed by atoms with E-state index in [0.717, 1.165) is 5.75 Å². The van der Waals surface area contributed by atoms with Gasteiger partial charge in [0.15, 0.2) is 0 Å². The number of benzene rings is 1. The molecule has 1 rings (SSSR count). The Morgan fingerprint density at radius 2 is 2.07 bits per heavy atom. The van der Waals surface area contributed by atoms with Crippen molar-refractivity contribution in [2.24, 2.45) is 0 Å². The molecule has 84 valence electrons. The monoisotopic (exact) mass is 209 g/mol. The lowest BCUT2D eigenvalue weighted by Crippen LogP contribution is -2.17. The zero-order valence-electron chi connectivity index (χ0n) is 9.83. The fourth-order valence-electron chi connectivity index (χ4n) is 1.04. The molecule has 0 unspecified atom stereocenters. The van der Waals surface area contributed by atoms with Crippen LogP contribution in [0.25, 0.3) is 0 Å². The summed E-state index contributed by atoms with van der Waals surface area (Å²) in [6.45, 7) is 6.52. The molecule has 0 fully saturated rings. The third kappa shape index (κ3) is 4.49. The summed E-state index contributed by atoms with van der Waals surface area (Å²) in [6.07, 6.45) is 0. The molecule has 3 nitrogen and oxygen atoms in total. The van der Waals surface area contributed by atoms with Crippen LogP contribution in [0.4, 0.5) is 0 Å². The van der Waals surface area contributed by atoms with E-state index in [9.17, 15) is 4.79 Å². The Labute approximate surface area is 91.5 Å². The normalized spacial score (nSPS) is 8.53. The molecule has 0 spiro atoms. The molecule has 1 aromatic carbocycles. The average Bonchev–Trinajstić information content (AvgIpc) is 2.31. The number of hydrogen-bond donors (Lipinski definition) is 1. The quantitative estimate of drug-likeness (QED) is 0.830. The van der Waals surface area contributed by atoms with Crippen molar-refractivity contribution in [2.75, 3.05) is 13.7 Å². The molecular formula is C12H19NO2. The summed E-state index contributed by atoms with van der Waals surface area (Å²) in [4.78, 5) is 11.2. The van der Waals surface area contributed by atoms with Crippen molar-refractivity contribution in [3.05, 3.63) is 29.8 Å². The molecule has 0 saturated heterocycles. The third-order valence-electron chi connectivity index (χ3n) is 1.63. The summed E-state index contributed by atoms with van der Waals surface area (Å²) < 4.78 is 5.26. The van der Waals surface area contributed by atoms with Crippen LogP contribution in [0, 0.1) is 0 Å². The van der Waals surface area contributed by atoms with Crippen molar-refractivity contribution in [2.45, 2.75) is 20.8 Å². The summed E-state index contributed by atoms with van der Waals surface area (Å²) in [7, 11) is 1.61. The van der Waals surface area contributed by atoms with Gasteiger partial charge in [0.05, 0.1) is 6.61 Å². The number of amides is 1. The Bertz CT molecular complexity index is 297. The maximum Gasteiger partial charge on any atom is 0.251 e. The number of carbonyl (C=O) groups is 1. The summed E-state index contributed by atoms with van der Waals surface area (Å²) in [6, 6.07) is 7.11. The number of hydrogen-bond acceptors (Lipinski definition) is 2. The van der Waals surface area contributed by atoms with Gasteiger partial charge < -0.3 is 10.1 Å². The molecule has 1 N–H and O–H groups in total. The van der Waals surface area contributed by atoms with Crippen LogP contribution in [0.15, 0.2) is 24.3 Å². The summed E-state index contributed by atoms with van der Waals surface area (Å²) in [5.74, 6) is 0.630. The van der Waals surface area contributed by atoms with Gasteiger partial charge in [-0.1, -0.05) is 19.9 Å². The van der Waals surface area contributed by atoms with E-state index in [4.69, 9.17) is 4.74 Å². The Kier molecular flexibility index (Phi) is 7.06. The van der Waals surface area contributed by atoms with Crippen molar-refractivity contribution in [3.8, 4) is 5.75 Å². The molecule has 0 aliphatic rings. The van der Waals surface area contributed by atoms with Gasteiger partial charge in [-0.15, -0.1) is 0 Å². The van der Waals surface area contributed by atoms with Gasteiger partial charge in [-0.2, -0.15) is 0 Å². The molecule has 0 aromatic heterocycles. The molecule has 0 atom stereocenters. The lowest BCUT2D eigenvalue weighted by molar-refractivity contribution is 0.0962.